The number of hydrogen-bond donors (Lipinski definition) is 0. The van der Waals surface area contributed by atoms with E-state index in [1.807, 2.05) is 12.1 Å². The number of hydrogen-bond acceptors (Lipinski definition) is 1. The predicted octanol–water partition coefficient (Wildman–Crippen LogP) is 9.25. The monoisotopic (exact) mass is 494 g/mol. The Balaban J connectivity index is 1.59. The van der Waals surface area contributed by atoms with Gasteiger partial charge in [0.05, 0.1) is 0 Å². The van der Waals surface area contributed by atoms with E-state index in [1.54, 1.807) is 0 Å². The maximum Gasteiger partial charge on any atom is 0.169 e. The minimum absolute atomic E-state index is 0.177. The summed E-state index contributed by atoms with van der Waals surface area (Å²) >= 11 is 3.85. The number of alkyl halides is 1. The van der Waals surface area contributed by atoms with Crippen LogP contribution in [0.3, 0.4) is 0 Å². The second kappa shape index (κ2) is 11.1. The summed E-state index contributed by atoms with van der Waals surface area (Å²) in [6.07, 6.45) is 14.9. The minimum atomic E-state index is -0.177. The Bertz CT molecular complexity index is 857. The number of rotatable bonds is 8. The molecule has 0 aromatic heterocycles. The van der Waals surface area contributed by atoms with E-state index >= 15 is 0 Å². The molecular weight excluding hydrogens is 456 g/mol. The standard InChI is InChI=1S/C30H39BrO/c1-2-3-5-10-23-15-17-25(18-16-23)30(21-19-26(31)20-22-30)29(32)28-14-9-8-13-27(28)24-11-6-4-7-12-24/h4,6-9,11-14,23,25-26H,2-3,5,10,15-22H2,1H3. The summed E-state index contributed by atoms with van der Waals surface area (Å²) in [6.45, 7) is 2.29. The number of unbranched alkanes of at least 4 members (excludes halogenated alkanes) is 2. The van der Waals surface area contributed by atoms with Crippen LogP contribution >= 0.6 is 15.9 Å². The Kier molecular flexibility index (Phi) is 8.27. The van der Waals surface area contributed by atoms with Crippen molar-refractivity contribution < 1.29 is 4.79 Å². The van der Waals surface area contributed by atoms with Gasteiger partial charge in [0.2, 0.25) is 0 Å². The van der Waals surface area contributed by atoms with Crippen molar-refractivity contribution >= 4 is 21.7 Å². The molecule has 2 aliphatic carbocycles. The molecule has 2 aromatic carbocycles. The molecule has 0 spiro atoms. The minimum Gasteiger partial charge on any atom is -0.294 e. The van der Waals surface area contributed by atoms with Gasteiger partial charge in [-0.05, 0) is 61.5 Å². The third kappa shape index (κ3) is 5.22. The Hall–Kier alpha value is -1.41. The van der Waals surface area contributed by atoms with Crippen molar-refractivity contribution in [2.75, 3.05) is 0 Å². The average molecular weight is 496 g/mol. The quantitative estimate of drug-likeness (QED) is 0.203. The second-order valence-corrected chi connectivity index (χ2v) is 11.6. The predicted molar refractivity (Wildman–Crippen MR) is 139 cm³/mol. The van der Waals surface area contributed by atoms with Crippen LogP contribution in [0.15, 0.2) is 54.6 Å². The van der Waals surface area contributed by atoms with Crippen molar-refractivity contribution in [2.45, 2.75) is 88.8 Å². The molecule has 0 heterocycles. The van der Waals surface area contributed by atoms with E-state index in [0.717, 1.165) is 48.3 Å². The van der Waals surface area contributed by atoms with Crippen LogP contribution < -0.4 is 0 Å². The van der Waals surface area contributed by atoms with Crippen LogP contribution in [0.25, 0.3) is 11.1 Å². The summed E-state index contributed by atoms with van der Waals surface area (Å²) in [4.78, 5) is 15.0. The molecule has 0 aliphatic heterocycles. The van der Waals surface area contributed by atoms with Crippen molar-refractivity contribution in [3.63, 3.8) is 0 Å². The van der Waals surface area contributed by atoms with Gasteiger partial charge in [0, 0.05) is 15.8 Å². The summed E-state index contributed by atoms with van der Waals surface area (Å²) in [7, 11) is 0. The van der Waals surface area contributed by atoms with Crippen LogP contribution in [0.2, 0.25) is 0 Å². The third-order valence-corrected chi connectivity index (χ3v) is 9.28. The maximum absolute atomic E-state index is 14.4. The number of Topliss-reactive ketones (excluding diaryl/α,β-unsaturated/α-hetero) is 1. The summed E-state index contributed by atoms with van der Waals surface area (Å²) in [5, 5.41) is 0. The summed E-state index contributed by atoms with van der Waals surface area (Å²) in [5.74, 6) is 1.85. The van der Waals surface area contributed by atoms with Gasteiger partial charge in [0.1, 0.15) is 0 Å². The van der Waals surface area contributed by atoms with E-state index < -0.39 is 0 Å². The molecule has 2 heteroatoms. The zero-order valence-electron chi connectivity index (χ0n) is 19.7. The lowest BCUT2D eigenvalue weighted by Crippen LogP contribution is -2.44. The van der Waals surface area contributed by atoms with E-state index in [2.05, 4.69) is 65.3 Å². The second-order valence-electron chi connectivity index (χ2n) is 10.3. The van der Waals surface area contributed by atoms with Gasteiger partial charge in [-0.3, -0.25) is 4.79 Å². The van der Waals surface area contributed by atoms with Crippen LogP contribution in [-0.2, 0) is 0 Å². The van der Waals surface area contributed by atoms with E-state index in [0.29, 0.717) is 16.5 Å². The van der Waals surface area contributed by atoms with Gasteiger partial charge < -0.3 is 0 Å². The molecule has 0 atom stereocenters. The van der Waals surface area contributed by atoms with Gasteiger partial charge >= 0.3 is 0 Å². The Labute approximate surface area is 203 Å². The fourth-order valence-electron chi connectivity index (χ4n) is 6.42. The molecule has 0 bridgehead atoms. The highest BCUT2D eigenvalue weighted by Gasteiger charge is 2.48. The average Bonchev–Trinajstić information content (AvgIpc) is 2.85. The Morgan fingerprint density at radius 2 is 1.53 bits per heavy atom. The van der Waals surface area contributed by atoms with Crippen molar-refractivity contribution in [2.24, 2.45) is 17.3 Å². The van der Waals surface area contributed by atoms with Crippen molar-refractivity contribution in [3.8, 4) is 11.1 Å². The Morgan fingerprint density at radius 1 is 0.875 bits per heavy atom. The molecule has 0 N–H and O–H groups in total. The molecule has 172 valence electrons. The highest BCUT2D eigenvalue weighted by atomic mass is 79.9. The van der Waals surface area contributed by atoms with Crippen molar-refractivity contribution in [1.29, 1.82) is 0 Å². The van der Waals surface area contributed by atoms with Crippen molar-refractivity contribution in [1.82, 2.24) is 0 Å². The molecule has 1 nitrogen and oxygen atoms in total. The lowest BCUT2D eigenvalue weighted by molar-refractivity contribution is 0.0398. The lowest BCUT2D eigenvalue weighted by Gasteiger charge is -2.46. The van der Waals surface area contributed by atoms with Gasteiger partial charge in [-0.1, -0.05) is 116 Å². The smallest absolute Gasteiger partial charge is 0.169 e. The van der Waals surface area contributed by atoms with Crippen molar-refractivity contribution in [3.05, 3.63) is 60.2 Å². The molecule has 2 aliphatic rings. The molecule has 2 fully saturated rings. The number of carbonyl (C=O) groups is 1. The molecule has 4 rings (SSSR count). The molecule has 0 radical (unpaired) electrons. The highest BCUT2D eigenvalue weighted by molar-refractivity contribution is 9.09. The SMILES string of the molecule is CCCCCC1CCC(C2(C(=O)c3ccccc3-c3ccccc3)CCC(Br)CC2)CC1. The van der Waals surface area contributed by atoms with Gasteiger partial charge in [-0.2, -0.15) is 0 Å². The normalized spacial score (nSPS) is 28.4. The van der Waals surface area contributed by atoms with Gasteiger partial charge in [0.25, 0.3) is 0 Å². The summed E-state index contributed by atoms with van der Waals surface area (Å²) in [5.41, 5.74) is 3.02. The fraction of sp³-hybridized carbons (Fsp3) is 0.567. The van der Waals surface area contributed by atoms with Crippen LogP contribution in [0, 0.1) is 17.3 Å². The van der Waals surface area contributed by atoms with E-state index in [-0.39, 0.29) is 5.41 Å². The van der Waals surface area contributed by atoms with E-state index in [4.69, 9.17) is 0 Å². The van der Waals surface area contributed by atoms with E-state index in [1.165, 1.54) is 51.4 Å². The molecule has 2 aromatic rings. The lowest BCUT2D eigenvalue weighted by atomic mass is 9.57. The van der Waals surface area contributed by atoms with Crippen LogP contribution in [0.5, 0.6) is 0 Å². The fourth-order valence-corrected chi connectivity index (χ4v) is 6.88. The summed E-state index contributed by atoms with van der Waals surface area (Å²) in [6, 6.07) is 18.8. The first-order valence-electron chi connectivity index (χ1n) is 13.0. The zero-order chi connectivity index (χ0) is 22.4. The van der Waals surface area contributed by atoms with E-state index in [9.17, 15) is 4.79 Å². The number of carbonyl (C=O) groups excluding carboxylic acids is 1. The topological polar surface area (TPSA) is 17.1 Å². The molecule has 0 unspecified atom stereocenters. The number of halogens is 1. The largest absolute Gasteiger partial charge is 0.294 e. The number of benzene rings is 2. The summed E-state index contributed by atoms with van der Waals surface area (Å²) < 4.78 is 0. The first-order chi connectivity index (χ1) is 15.6. The molecule has 0 saturated heterocycles. The third-order valence-electron chi connectivity index (χ3n) is 8.36. The Morgan fingerprint density at radius 3 is 2.22 bits per heavy atom. The van der Waals surface area contributed by atoms with Crippen LogP contribution in [-0.4, -0.2) is 10.6 Å². The zero-order valence-corrected chi connectivity index (χ0v) is 21.3. The van der Waals surface area contributed by atoms with Crippen LogP contribution in [0.1, 0.15) is 94.3 Å². The molecule has 32 heavy (non-hydrogen) atoms. The molecule has 0 amide bonds. The maximum atomic E-state index is 14.4. The molecule has 2 saturated carbocycles. The van der Waals surface area contributed by atoms with Gasteiger partial charge in [0.15, 0.2) is 5.78 Å². The van der Waals surface area contributed by atoms with Crippen LogP contribution in [0.4, 0.5) is 0 Å². The number of ketones is 1. The first-order valence-corrected chi connectivity index (χ1v) is 13.9. The first kappa shape index (κ1) is 23.7. The van der Waals surface area contributed by atoms with Gasteiger partial charge in [-0.25, -0.2) is 0 Å². The highest BCUT2D eigenvalue weighted by Crippen LogP contribution is 2.53. The molecular formula is C30H39BrO. The van der Waals surface area contributed by atoms with Gasteiger partial charge in [-0.15, -0.1) is 0 Å².